The van der Waals surface area contributed by atoms with Gasteiger partial charge in [-0.3, -0.25) is 9.98 Å². The first kappa shape index (κ1) is 26.4. The molecular weight excluding hydrogens is 483 g/mol. The molecule has 5 nitrogen and oxygen atoms in total. The highest BCUT2D eigenvalue weighted by Gasteiger charge is 2.52. The van der Waals surface area contributed by atoms with E-state index in [4.69, 9.17) is 4.74 Å². The van der Waals surface area contributed by atoms with E-state index in [2.05, 4.69) is 29.6 Å². The number of alkyl halides is 3. The summed E-state index contributed by atoms with van der Waals surface area (Å²) < 4.78 is 48.7. The molecule has 36 heavy (non-hydrogen) atoms. The molecule has 0 aromatic carbocycles. The van der Waals surface area contributed by atoms with Gasteiger partial charge in [-0.25, -0.2) is 0 Å². The molecule has 0 saturated heterocycles. The van der Waals surface area contributed by atoms with Crippen molar-refractivity contribution in [3.05, 3.63) is 71.3 Å². The van der Waals surface area contributed by atoms with E-state index in [1.807, 2.05) is 18.2 Å². The minimum absolute atomic E-state index is 0.0305. The quantitative estimate of drug-likeness (QED) is 0.310. The molecule has 2 heterocycles. The van der Waals surface area contributed by atoms with Crippen molar-refractivity contribution >= 4 is 19.5 Å². The summed E-state index contributed by atoms with van der Waals surface area (Å²) in [4.78, 5) is 10.4. The maximum atomic E-state index is 14.2. The fourth-order valence-electron chi connectivity index (χ4n) is 4.52. The number of aliphatic hydroxyl groups is 1. The average Bonchev–Trinajstić information content (AvgIpc) is 3.22. The lowest BCUT2D eigenvalue weighted by Gasteiger charge is -2.33. The summed E-state index contributed by atoms with van der Waals surface area (Å²) in [7, 11) is -1.35. The van der Waals surface area contributed by atoms with Gasteiger partial charge in [0.15, 0.2) is 6.04 Å². The third-order valence-electron chi connectivity index (χ3n) is 6.57. The molecular formula is C27H34F3N3O2Si. The summed E-state index contributed by atoms with van der Waals surface area (Å²) >= 11 is 0. The molecule has 3 aliphatic rings. The Hall–Kier alpha value is -2.65. The van der Waals surface area contributed by atoms with Crippen molar-refractivity contribution in [2.75, 3.05) is 13.3 Å². The molecule has 194 valence electrons. The molecule has 0 amide bonds. The predicted octanol–water partition coefficient (Wildman–Crippen LogP) is 6.65. The highest BCUT2D eigenvalue weighted by Crippen LogP contribution is 2.38. The monoisotopic (exact) mass is 517 g/mol. The van der Waals surface area contributed by atoms with E-state index in [0.29, 0.717) is 42.8 Å². The second-order valence-corrected chi connectivity index (χ2v) is 16.3. The first-order valence-electron chi connectivity index (χ1n) is 12.4. The van der Waals surface area contributed by atoms with Crippen LogP contribution in [0.25, 0.3) is 5.57 Å². The van der Waals surface area contributed by atoms with Gasteiger partial charge in [-0.15, -0.1) is 0 Å². The van der Waals surface area contributed by atoms with E-state index >= 15 is 0 Å². The van der Waals surface area contributed by atoms with Crippen LogP contribution in [0.5, 0.6) is 0 Å². The van der Waals surface area contributed by atoms with E-state index in [-0.39, 0.29) is 12.6 Å². The summed E-state index contributed by atoms with van der Waals surface area (Å²) in [6.07, 6.45) is 8.90. The van der Waals surface area contributed by atoms with Gasteiger partial charge < -0.3 is 14.7 Å². The number of hydrogen-bond acceptors (Lipinski definition) is 5. The number of pyridine rings is 1. The van der Waals surface area contributed by atoms with E-state index < -0.39 is 26.3 Å². The van der Waals surface area contributed by atoms with Crippen LogP contribution in [0, 0.1) is 0 Å². The number of aromatic nitrogens is 1. The van der Waals surface area contributed by atoms with Crippen LogP contribution < -0.4 is 0 Å². The molecule has 4 rings (SSSR count). The van der Waals surface area contributed by atoms with Crippen molar-refractivity contribution < 1.29 is 23.0 Å². The van der Waals surface area contributed by atoms with Gasteiger partial charge in [0.1, 0.15) is 12.6 Å². The van der Waals surface area contributed by atoms with Gasteiger partial charge in [0.25, 0.3) is 0 Å². The highest BCUT2D eigenvalue weighted by molar-refractivity contribution is 6.76. The Kier molecular flexibility index (Phi) is 7.90. The third kappa shape index (κ3) is 6.36. The summed E-state index contributed by atoms with van der Waals surface area (Å²) in [5.74, 6) is 0.583. The van der Waals surface area contributed by atoms with Crippen molar-refractivity contribution in [1.82, 2.24) is 9.88 Å². The highest BCUT2D eigenvalue weighted by atomic mass is 28.3. The van der Waals surface area contributed by atoms with Crippen LogP contribution in [0.2, 0.25) is 25.7 Å². The molecule has 1 aromatic rings. The molecule has 0 saturated carbocycles. The lowest BCUT2D eigenvalue weighted by atomic mass is 9.94. The number of aliphatic imine (C=N–C) groups is 1. The number of nitrogens with zero attached hydrogens (tertiary/aromatic N) is 3. The van der Waals surface area contributed by atoms with Crippen molar-refractivity contribution in [2.45, 2.75) is 69.6 Å². The maximum Gasteiger partial charge on any atom is 0.413 e. The topological polar surface area (TPSA) is 58.0 Å². The molecule has 0 fully saturated rings. The normalized spacial score (nSPS) is 22.8. The van der Waals surface area contributed by atoms with Crippen LogP contribution in [0.4, 0.5) is 13.2 Å². The van der Waals surface area contributed by atoms with Crippen LogP contribution in [0.1, 0.15) is 36.9 Å². The Morgan fingerprint density at radius 2 is 1.94 bits per heavy atom. The lowest BCUT2D eigenvalue weighted by molar-refractivity contribution is -0.153. The van der Waals surface area contributed by atoms with Gasteiger partial charge in [0.05, 0.1) is 17.5 Å². The van der Waals surface area contributed by atoms with Crippen molar-refractivity contribution in [3.8, 4) is 0 Å². The zero-order chi connectivity index (χ0) is 25.9. The molecule has 1 N–H and O–H groups in total. The van der Waals surface area contributed by atoms with Crippen LogP contribution in [0.3, 0.4) is 0 Å². The van der Waals surface area contributed by atoms with Gasteiger partial charge in [0.2, 0.25) is 0 Å². The van der Waals surface area contributed by atoms with Gasteiger partial charge in [0, 0.05) is 32.9 Å². The zero-order valence-corrected chi connectivity index (χ0v) is 22.1. The molecule has 0 spiro atoms. The molecule has 2 atom stereocenters. The number of hydrogen-bond donors (Lipinski definition) is 1. The Morgan fingerprint density at radius 3 is 2.53 bits per heavy atom. The molecule has 0 bridgehead atoms. The van der Waals surface area contributed by atoms with Gasteiger partial charge >= 0.3 is 6.18 Å². The van der Waals surface area contributed by atoms with Crippen LogP contribution >= 0.6 is 0 Å². The Bertz CT molecular complexity index is 1100. The standard InChI is InChI=1S/C27H34F3N3O2Si/c1-36(2,3)16-15-35-18-33-24(20-7-5-4-6-8-20)25(27(28,29)30)32-26(33)21-11-14-23(31-17-21)19-9-12-22(34)13-10-19/h5,7-9,11-12,14,17,24-25,34H,4,6,10,13,15-16,18H2,1-3H3/t24-,25?/m1/s1. The zero-order valence-electron chi connectivity index (χ0n) is 21.1. The largest absolute Gasteiger partial charge is 0.512 e. The summed E-state index contributed by atoms with van der Waals surface area (Å²) in [6, 6.07) is 1.66. The van der Waals surface area contributed by atoms with E-state index in [1.54, 1.807) is 35.4 Å². The summed E-state index contributed by atoms with van der Waals surface area (Å²) in [6.45, 7) is 7.26. The number of allylic oxidation sites excluding steroid dienone is 6. The van der Waals surface area contributed by atoms with Gasteiger partial charge in [-0.05, 0) is 54.7 Å². The van der Waals surface area contributed by atoms with E-state index in [1.165, 1.54) is 0 Å². The second-order valence-electron chi connectivity index (χ2n) is 10.7. The fourth-order valence-corrected chi connectivity index (χ4v) is 5.28. The SMILES string of the molecule is C[Si](C)(C)CCOCN1C(c2ccc(C3=CC=C(O)CC3)nc2)=NC(C(F)(F)F)[C@H]1C1=CCCC=C1. The summed E-state index contributed by atoms with van der Waals surface area (Å²) in [5.41, 5.74) is 2.86. The molecule has 1 aromatic heterocycles. The third-order valence-corrected chi connectivity index (χ3v) is 8.28. The van der Waals surface area contributed by atoms with Crippen molar-refractivity contribution in [2.24, 2.45) is 4.99 Å². The molecule has 1 unspecified atom stereocenters. The number of halogens is 3. The Labute approximate surface area is 211 Å². The van der Waals surface area contributed by atoms with Crippen molar-refractivity contribution in [3.63, 3.8) is 0 Å². The second kappa shape index (κ2) is 10.8. The first-order valence-corrected chi connectivity index (χ1v) is 16.1. The molecule has 0 radical (unpaired) electrons. The predicted molar refractivity (Wildman–Crippen MR) is 140 cm³/mol. The van der Waals surface area contributed by atoms with Crippen LogP contribution in [-0.4, -0.2) is 60.5 Å². The maximum absolute atomic E-state index is 14.2. The smallest absolute Gasteiger partial charge is 0.413 e. The van der Waals surface area contributed by atoms with E-state index in [0.717, 1.165) is 23.7 Å². The summed E-state index contributed by atoms with van der Waals surface area (Å²) in [5, 5.41) is 9.61. The average molecular weight is 518 g/mol. The Balaban J connectivity index is 1.64. The van der Waals surface area contributed by atoms with Crippen LogP contribution in [-0.2, 0) is 4.74 Å². The minimum Gasteiger partial charge on any atom is -0.512 e. The van der Waals surface area contributed by atoms with Gasteiger partial charge in [-0.2, -0.15) is 13.2 Å². The lowest BCUT2D eigenvalue weighted by Crippen LogP contribution is -2.47. The fraction of sp³-hybridized carbons (Fsp3) is 0.481. The van der Waals surface area contributed by atoms with Crippen LogP contribution in [0.15, 0.2) is 65.0 Å². The molecule has 9 heteroatoms. The number of ether oxygens (including phenoxy) is 1. The number of amidine groups is 1. The molecule has 2 aliphatic carbocycles. The minimum atomic E-state index is -4.50. The van der Waals surface area contributed by atoms with Gasteiger partial charge in [-0.1, -0.05) is 43.9 Å². The number of rotatable bonds is 8. The Morgan fingerprint density at radius 1 is 1.14 bits per heavy atom. The number of aliphatic hydroxyl groups excluding tert-OH is 1. The van der Waals surface area contributed by atoms with E-state index in [9.17, 15) is 18.3 Å². The first-order chi connectivity index (χ1) is 17.0. The molecule has 1 aliphatic heterocycles. The van der Waals surface area contributed by atoms with Crippen molar-refractivity contribution in [1.29, 1.82) is 0 Å².